The number of carbonyl (C=O) groups is 5. The second-order valence-corrected chi connectivity index (χ2v) is 13.8. The van der Waals surface area contributed by atoms with Crippen molar-refractivity contribution in [2.45, 2.75) is 70.7 Å². The zero-order valence-electron chi connectivity index (χ0n) is 33.2. The molecule has 1 heterocycles. The molecule has 5 rings (SSSR count). The lowest BCUT2D eigenvalue weighted by Gasteiger charge is -2.28. The van der Waals surface area contributed by atoms with Crippen LogP contribution in [-0.2, 0) is 59.6 Å². The molecule has 59 heavy (non-hydrogen) atoms. The number of nitrogens with one attached hydrogen (secondary N) is 3. The Balaban J connectivity index is 1.21. The van der Waals surface area contributed by atoms with Crippen molar-refractivity contribution >= 4 is 30.0 Å². The summed E-state index contributed by atoms with van der Waals surface area (Å²) in [6.07, 6.45) is -1.67. The smallest absolute Gasteiger partial charge is 0.407 e. The fourth-order valence-electron chi connectivity index (χ4n) is 6.05. The zero-order valence-corrected chi connectivity index (χ0v) is 33.2. The van der Waals surface area contributed by atoms with E-state index in [1.54, 1.807) is 24.0 Å². The second kappa shape index (κ2) is 23.7. The monoisotopic (exact) mass is 808 g/mol. The normalized spacial score (nSPS) is 14.5. The van der Waals surface area contributed by atoms with Crippen LogP contribution < -0.4 is 20.7 Å². The molecule has 0 aliphatic carbocycles. The van der Waals surface area contributed by atoms with Crippen LogP contribution in [0.5, 0.6) is 5.75 Å². The highest BCUT2D eigenvalue weighted by Crippen LogP contribution is 2.24. The third-order valence-corrected chi connectivity index (χ3v) is 9.23. The maximum atomic E-state index is 14.4. The largest absolute Gasteiger partial charge is 0.489 e. The Bertz CT molecular complexity index is 1920. The Hall–Kier alpha value is -6.41. The van der Waals surface area contributed by atoms with E-state index in [0.29, 0.717) is 44.7 Å². The molecule has 1 saturated heterocycles. The number of benzene rings is 4. The van der Waals surface area contributed by atoms with Crippen LogP contribution in [0.15, 0.2) is 115 Å². The maximum Gasteiger partial charge on any atom is 0.407 e. The molecule has 0 aromatic heterocycles. The van der Waals surface area contributed by atoms with Crippen LogP contribution in [0.25, 0.3) is 0 Å². The molecule has 3 N–H and O–H groups in total. The molecular weight excluding hydrogens is 757 g/mol. The SMILES string of the molecule is CCOC(=O)[C@H]1O[C@@H]1C(=O)N[C@@H](Cc1ccc(OCc2ccccc2)cc1)C(=O)N(CCCCNC(=O)OCc1ccccc1)CCCNC(=O)OCc1ccccc1. The Labute approximate surface area is 344 Å². The topological polar surface area (TPSA) is 174 Å². The third kappa shape index (κ3) is 15.5. The standard InChI is InChI=1S/C45H52N4O10/c1-2-55-43(52)40-39(59-40)41(50)48-38(29-33-21-23-37(24-22-33)56-30-34-15-6-3-7-16-34)42(51)49(28-14-26-47-45(54)58-32-36-19-10-5-11-20-36)27-13-12-25-46-44(53)57-31-35-17-8-4-9-18-35/h3-11,15-24,38-40H,2,12-14,25-32H2,1H3,(H,46,53)(H,47,54)(H,48,50)/t38-,39-,40-/m0/s1. The van der Waals surface area contributed by atoms with Crippen molar-refractivity contribution in [3.63, 3.8) is 0 Å². The molecule has 0 unspecified atom stereocenters. The molecule has 0 bridgehead atoms. The van der Waals surface area contributed by atoms with Gasteiger partial charge in [0, 0.05) is 32.6 Å². The van der Waals surface area contributed by atoms with Crippen molar-refractivity contribution < 1.29 is 47.7 Å². The minimum Gasteiger partial charge on any atom is -0.489 e. The van der Waals surface area contributed by atoms with Crippen LogP contribution in [-0.4, -0.2) is 85.9 Å². The van der Waals surface area contributed by atoms with Gasteiger partial charge in [-0.1, -0.05) is 103 Å². The van der Waals surface area contributed by atoms with E-state index in [0.717, 1.165) is 22.3 Å². The number of hydrogen-bond acceptors (Lipinski definition) is 10. The van der Waals surface area contributed by atoms with Crippen LogP contribution in [0.3, 0.4) is 0 Å². The third-order valence-electron chi connectivity index (χ3n) is 9.23. The summed E-state index contributed by atoms with van der Waals surface area (Å²) in [7, 11) is 0. The van der Waals surface area contributed by atoms with Gasteiger partial charge in [0.15, 0.2) is 12.2 Å². The van der Waals surface area contributed by atoms with Crippen molar-refractivity contribution in [1.29, 1.82) is 0 Å². The lowest BCUT2D eigenvalue weighted by atomic mass is 10.0. The van der Waals surface area contributed by atoms with Gasteiger partial charge in [-0.25, -0.2) is 14.4 Å². The summed E-state index contributed by atoms with van der Waals surface area (Å²) in [5.41, 5.74) is 3.50. The molecule has 4 amide bonds. The summed E-state index contributed by atoms with van der Waals surface area (Å²) < 4.78 is 26.9. The molecule has 4 aromatic carbocycles. The van der Waals surface area contributed by atoms with Gasteiger partial charge in [-0.2, -0.15) is 0 Å². The van der Waals surface area contributed by atoms with Gasteiger partial charge in [0.2, 0.25) is 5.91 Å². The first kappa shape index (κ1) is 43.7. The number of unbranched alkanes of at least 4 members (excludes halogenated alkanes) is 1. The van der Waals surface area contributed by atoms with E-state index in [9.17, 15) is 24.0 Å². The molecule has 4 aromatic rings. The van der Waals surface area contributed by atoms with Crippen LogP contribution in [0.4, 0.5) is 9.59 Å². The first-order valence-electron chi connectivity index (χ1n) is 19.8. The lowest BCUT2D eigenvalue weighted by molar-refractivity contribution is -0.144. The number of epoxide rings is 1. The predicted molar refractivity (Wildman–Crippen MR) is 218 cm³/mol. The van der Waals surface area contributed by atoms with E-state index >= 15 is 0 Å². The summed E-state index contributed by atoms with van der Waals surface area (Å²) in [6, 6.07) is 34.7. The van der Waals surface area contributed by atoms with Crippen LogP contribution in [0.1, 0.15) is 48.4 Å². The quantitative estimate of drug-likeness (QED) is 0.0377. The van der Waals surface area contributed by atoms with Gasteiger partial charge in [-0.15, -0.1) is 0 Å². The Kier molecular flexibility index (Phi) is 17.6. The van der Waals surface area contributed by atoms with E-state index in [1.807, 2.05) is 103 Å². The lowest BCUT2D eigenvalue weighted by Crippen LogP contribution is -2.51. The van der Waals surface area contributed by atoms with E-state index in [4.69, 9.17) is 23.7 Å². The van der Waals surface area contributed by atoms with Crippen molar-refractivity contribution in [1.82, 2.24) is 20.9 Å². The number of ether oxygens (including phenoxy) is 5. The van der Waals surface area contributed by atoms with Gasteiger partial charge in [-0.05, 0) is 60.6 Å². The van der Waals surface area contributed by atoms with E-state index in [-0.39, 0.29) is 45.2 Å². The highest BCUT2D eigenvalue weighted by Gasteiger charge is 2.52. The van der Waals surface area contributed by atoms with Gasteiger partial charge < -0.3 is 44.5 Å². The van der Waals surface area contributed by atoms with E-state index in [1.165, 1.54) is 0 Å². The van der Waals surface area contributed by atoms with Crippen molar-refractivity contribution in [3.05, 3.63) is 138 Å². The minimum absolute atomic E-state index is 0.119. The molecule has 0 radical (unpaired) electrons. The van der Waals surface area contributed by atoms with Gasteiger partial charge in [0.1, 0.15) is 31.6 Å². The zero-order chi connectivity index (χ0) is 41.7. The molecular formula is C45H52N4O10. The highest BCUT2D eigenvalue weighted by atomic mass is 16.6. The number of esters is 1. The van der Waals surface area contributed by atoms with Crippen LogP contribution in [0, 0.1) is 0 Å². The number of nitrogens with zero attached hydrogens (tertiary/aromatic N) is 1. The minimum atomic E-state index is -1.08. The molecule has 3 atom stereocenters. The summed E-state index contributed by atoms with van der Waals surface area (Å²) in [4.78, 5) is 66.4. The number of hydrogen-bond donors (Lipinski definition) is 3. The van der Waals surface area contributed by atoms with Gasteiger partial charge in [0.05, 0.1) is 6.61 Å². The summed E-state index contributed by atoms with van der Waals surface area (Å²) in [5, 5.41) is 8.30. The van der Waals surface area contributed by atoms with E-state index in [2.05, 4.69) is 16.0 Å². The predicted octanol–water partition coefficient (Wildman–Crippen LogP) is 5.48. The first-order valence-corrected chi connectivity index (χ1v) is 19.8. The molecule has 1 aliphatic rings. The summed E-state index contributed by atoms with van der Waals surface area (Å²) in [6.45, 7) is 3.53. The molecule has 1 aliphatic heterocycles. The number of amides is 4. The fraction of sp³-hybridized carbons (Fsp3) is 0.356. The van der Waals surface area contributed by atoms with Crippen molar-refractivity contribution in [2.24, 2.45) is 0 Å². The molecule has 0 spiro atoms. The van der Waals surface area contributed by atoms with E-state index < -0.39 is 42.3 Å². The maximum absolute atomic E-state index is 14.4. The second-order valence-electron chi connectivity index (χ2n) is 13.8. The summed E-state index contributed by atoms with van der Waals surface area (Å²) in [5.74, 6) is -0.971. The van der Waals surface area contributed by atoms with Crippen molar-refractivity contribution in [2.75, 3.05) is 32.8 Å². The molecule has 14 nitrogen and oxygen atoms in total. The van der Waals surface area contributed by atoms with Gasteiger partial charge >= 0.3 is 18.2 Å². The van der Waals surface area contributed by atoms with Gasteiger partial charge in [0.25, 0.3) is 5.91 Å². The molecule has 0 saturated carbocycles. The number of carbonyl (C=O) groups excluding carboxylic acids is 5. The average molecular weight is 809 g/mol. The Morgan fingerprint density at radius 1 is 0.610 bits per heavy atom. The van der Waals surface area contributed by atoms with Crippen LogP contribution >= 0.6 is 0 Å². The Morgan fingerprint density at radius 2 is 1.14 bits per heavy atom. The van der Waals surface area contributed by atoms with Crippen LogP contribution in [0.2, 0.25) is 0 Å². The number of alkyl carbamates (subject to hydrolysis) is 2. The summed E-state index contributed by atoms with van der Waals surface area (Å²) >= 11 is 0. The first-order chi connectivity index (χ1) is 28.8. The number of rotatable bonds is 23. The van der Waals surface area contributed by atoms with Crippen molar-refractivity contribution in [3.8, 4) is 5.75 Å². The Morgan fingerprint density at radius 3 is 1.69 bits per heavy atom. The highest BCUT2D eigenvalue weighted by molar-refractivity contribution is 5.95. The molecule has 14 heteroatoms. The fourth-order valence-corrected chi connectivity index (χ4v) is 6.05. The molecule has 1 fully saturated rings. The molecule has 312 valence electrons. The average Bonchev–Trinajstić information content (AvgIpc) is 4.08. The van der Waals surface area contributed by atoms with Gasteiger partial charge in [-0.3, -0.25) is 9.59 Å².